The molecule has 4 nitrogen and oxygen atoms in total. The molecule has 0 heterocycles. The van der Waals surface area contributed by atoms with Gasteiger partial charge in [-0.3, -0.25) is 0 Å². The van der Waals surface area contributed by atoms with E-state index in [1.54, 1.807) is 20.8 Å². The minimum absolute atomic E-state index is 0.121. The number of nitrogens with zero attached hydrogens (tertiary/aromatic N) is 1. The molecular weight excluding hydrogens is 199 g/mol. The summed E-state index contributed by atoms with van der Waals surface area (Å²) in [5.74, 6) is 0. The van der Waals surface area contributed by atoms with E-state index < -0.39 is 17.9 Å². The van der Waals surface area contributed by atoms with Crippen molar-refractivity contribution in [3.8, 4) is 0 Å². The summed E-state index contributed by atoms with van der Waals surface area (Å²) in [7, 11) is 0. The zero-order chi connectivity index (χ0) is 12.1. The molecule has 0 aromatic rings. The highest BCUT2D eigenvalue weighted by molar-refractivity contribution is 5.88. The fourth-order valence-electron chi connectivity index (χ4n) is 0.667. The summed E-state index contributed by atoms with van der Waals surface area (Å²) < 4.78 is 17.8. The monoisotopic (exact) mass is 216 g/mol. The van der Waals surface area contributed by atoms with Crippen LogP contribution in [0.1, 0.15) is 27.7 Å². The Kier molecular flexibility index (Phi) is 4.97. The lowest BCUT2D eigenvalue weighted by Gasteiger charge is -2.18. The van der Waals surface area contributed by atoms with Gasteiger partial charge >= 0.3 is 6.09 Å². The molecule has 0 rings (SSSR count). The fourth-order valence-corrected chi connectivity index (χ4v) is 0.667. The molecule has 1 unspecified atom stereocenters. The minimum Gasteiger partial charge on any atom is -0.443 e. The van der Waals surface area contributed by atoms with Crippen LogP contribution in [0.25, 0.3) is 0 Å². The van der Waals surface area contributed by atoms with Gasteiger partial charge < -0.3 is 4.74 Å². The summed E-state index contributed by atoms with van der Waals surface area (Å²) in [5.41, 5.74) is 1.62. The first-order valence-electron chi connectivity index (χ1n) is 4.56. The summed E-state index contributed by atoms with van der Waals surface area (Å²) in [5, 5.41) is 3.52. The third kappa shape index (κ3) is 6.65. The normalized spacial score (nSPS) is 14.3. The zero-order valence-electron chi connectivity index (χ0n) is 9.50. The predicted molar refractivity (Wildman–Crippen MR) is 57.6 cm³/mol. The van der Waals surface area contributed by atoms with Crippen LogP contribution in [0.2, 0.25) is 0 Å². The van der Waals surface area contributed by atoms with Crippen LogP contribution in [0, 0.1) is 0 Å². The zero-order valence-corrected chi connectivity index (χ0v) is 9.50. The Morgan fingerprint density at radius 3 is 2.53 bits per heavy atom. The number of carbonyl (C=O) groups excluding carboxylic acids is 1. The van der Waals surface area contributed by atoms with Crippen LogP contribution in [0.4, 0.5) is 9.18 Å². The molecule has 0 aliphatic rings. The average molecular weight is 216 g/mol. The van der Waals surface area contributed by atoms with Crippen LogP contribution in [0.15, 0.2) is 17.8 Å². The minimum atomic E-state index is -1.36. The standard InChI is InChI=1S/C10H17FN2O2/c1-6-8(11)7(2)12-13-9(14)15-10(3,4)5/h6,8H,1H2,2-5H3,(H,13,14)/b12-7+. The van der Waals surface area contributed by atoms with Crippen molar-refractivity contribution >= 4 is 11.8 Å². The highest BCUT2D eigenvalue weighted by atomic mass is 19.1. The summed E-state index contributed by atoms with van der Waals surface area (Å²) in [6, 6.07) is 0. The Hall–Kier alpha value is -1.39. The first-order valence-corrected chi connectivity index (χ1v) is 4.56. The Labute approximate surface area is 89.2 Å². The van der Waals surface area contributed by atoms with Crippen LogP contribution in [-0.2, 0) is 4.74 Å². The molecule has 1 N–H and O–H groups in total. The van der Waals surface area contributed by atoms with E-state index in [4.69, 9.17) is 4.74 Å². The van der Waals surface area contributed by atoms with E-state index in [2.05, 4.69) is 17.1 Å². The van der Waals surface area contributed by atoms with Crippen molar-refractivity contribution in [1.29, 1.82) is 0 Å². The number of hydrazone groups is 1. The molecule has 0 fully saturated rings. The number of allylic oxidation sites excluding steroid dienone is 1. The summed E-state index contributed by atoms with van der Waals surface area (Å²) >= 11 is 0. The lowest BCUT2D eigenvalue weighted by atomic mass is 10.2. The van der Waals surface area contributed by atoms with Gasteiger partial charge in [0, 0.05) is 0 Å². The maximum Gasteiger partial charge on any atom is 0.428 e. The molecule has 0 aliphatic carbocycles. The maximum absolute atomic E-state index is 12.9. The lowest BCUT2D eigenvalue weighted by Crippen LogP contribution is -2.30. The molecule has 0 saturated carbocycles. The number of amides is 1. The first kappa shape index (κ1) is 13.6. The predicted octanol–water partition coefficient (Wildman–Crippen LogP) is 2.41. The van der Waals surface area contributed by atoms with Crippen molar-refractivity contribution in [2.24, 2.45) is 5.10 Å². The van der Waals surface area contributed by atoms with E-state index in [1.165, 1.54) is 6.92 Å². The smallest absolute Gasteiger partial charge is 0.428 e. The van der Waals surface area contributed by atoms with E-state index >= 15 is 0 Å². The number of hydrogen-bond acceptors (Lipinski definition) is 3. The Balaban J connectivity index is 4.15. The highest BCUT2D eigenvalue weighted by Crippen LogP contribution is 2.06. The molecule has 0 aromatic carbocycles. The van der Waals surface area contributed by atoms with E-state index in [1.807, 2.05) is 0 Å². The third-order valence-corrected chi connectivity index (χ3v) is 1.33. The SMILES string of the molecule is C=CC(F)/C(C)=N/NC(=O)OC(C)(C)C. The van der Waals surface area contributed by atoms with Crippen LogP contribution in [0.3, 0.4) is 0 Å². The number of carbonyl (C=O) groups is 1. The average Bonchev–Trinajstić information content (AvgIpc) is 2.10. The molecule has 0 aliphatic heterocycles. The molecule has 5 heteroatoms. The molecule has 1 amide bonds. The van der Waals surface area contributed by atoms with Crippen molar-refractivity contribution < 1.29 is 13.9 Å². The molecular formula is C10H17FN2O2. The molecule has 0 spiro atoms. The van der Waals surface area contributed by atoms with Crippen LogP contribution in [-0.4, -0.2) is 23.6 Å². The van der Waals surface area contributed by atoms with Gasteiger partial charge in [-0.25, -0.2) is 14.6 Å². The third-order valence-electron chi connectivity index (χ3n) is 1.33. The molecule has 0 radical (unpaired) electrons. The second kappa shape index (κ2) is 5.48. The first-order chi connectivity index (χ1) is 6.76. The number of hydrogen-bond donors (Lipinski definition) is 1. The summed E-state index contributed by atoms with van der Waals surface area (Å²) in [6.07, 6.45) is -0.978. The van der Waals surface area contributed by atoms with Gasteiger partial charge in [-0.05, 0) is 27.7 Å². The van der Waals surface area contributed by atoms with Gasteiger partial charge in [0.2, 0.25) is 0 Å². The van der Waals surface area contributed by atoms with Gasteiger partial charge in [0.05, 0.1) is 5.71 Å². The molecule has 1 atom stereocenters. The summed E-state index contributed by atoms with van der Waals surface area (Å²) in [4.78, 5) is 11.1. The second-order valence-corrected chi connectivity index (χ2v) is 4.00. The van der Waals surface area contributed by atoms with Crippen molar-refractivity contribution in [2.45, 2.75) is 39.5 Å². The van der Waals surface area contributed by atoms with Gasteiger partial charge in [0.15, 0.2) is 6.17 Å². The topological polar surface area (TPSA) is 50.7 Å². The van der Waals surface area contributed by atoms with Gasteiger partial charge in [-0.1, -0.05) is 12.7 Å². The van der Waals surface area contributed by atoms with E-state index in [9.17, 15) is 9.18 Å². The fraction of sp³-hybridized carbons (Fsp3) is 0.600. The van der Waals surface area contributed by atoms with Crippen molar-refractivity contribution in [2.75, 3.05) is 0 Å². The second-order valence-electron chi connectivity index (χ2n) is 4.00. The van der Waals surface area contributed by atoms with Crippen LogP contribution >= 0.6 is 0 Å². The molecule has 0 aromatic heterocycles. The summed E-state index contributed by atoms with van der Waals surface area (Å²) in [6.45, 7) is 9.90. The lowest BCUT2D eigenvalue weighted by molar-refractivity contribution is 0.0529. The maximum atomic E-state index is 12.9. The quantitative estimate of drug-likeness (QED) is 0.447. The Morgan fingerprint density at radius 2 is 2.13 bits per heavy atom. The van der Waals surface area contributed by atoms with Gasteiger partial charge in [0.1, 0.15) is 5.60 Å². The van der Waals surface area contributed by atoms with Crippen molar-refractivity contribution in [3.63, 3.8) is 0 Å². The molecule has 0 bridgehead atoms. The number of nitrogens with one attached hydrogen (secondary N) is 1. The largest absolute Gasteiger partial charge is 0.443 e. The van der Waals surface area contributed by atoms with E-state index in [0.717, 1.165) is 6.08 Å². The van der Waals surface area contributed by atoms with Crippen LogP contribution in [0.5, 0.6) is 0 Å². The number of alkyl halides is 1. The highest BCUT2D eigenvalue weighted by Gasteiger charge is 2.15. The molecule has 86 valence electrons. The Bertz CT molecular complexity index is 269. The van der Waals surface area contributed by atoms with Gasteiger partial charge in [0.25, 0.3) is 0 Å². The van der Waals surface area contributed by atoms with Crippen molar-refractivity contribution in [3.05, 3.63) is 12.7 Å². The van der Waals surface area contributed by atoms with Crippen LogP contribution < -0.4 is 5.43 Å². The molecule has 0 saturated heterocycles. The molecule has 15 heavy (non-hydrogen) atoms. The van der Waals surface area contributed by atoms with Crippen molar-refractivity contribution in [1.82, 2.24) is 5.43 Å². The van der Waals surface area contributed by atoms with Gasteiger partial charge in [-0.15, -0.1) is 0 Å². The number of ether oxygens (including phenoxy) is 1. The van der Waals surface area contributed by atoms with E-state index in [-0.39, 0.29) is 5.71 Å². The number of rotatable bonds is 3. The number of halogens is 1. The van der Waals surface area contributed by atoms with Gasteiger partial charge in [-0.2, -0.15) is 5.10 Å². The van der Waals surface area contributed by atoms with E-state index in [0.29, 0.717) is 0 Å². The Morgan fingerprint density at radius 1 is 1.60 bits per heavy atom.